The van der Waals surface area contributed by atoms with Gasteiger partial charge in [-0.1, -0.05) is 76.3 Å². The van der Waals surface area contributed by atoms with Crippen molar-refractivity contribution in [3.05, 3.63) is 77.4 Å². The van der Waals surface area contributed by atoms with Crippen LogP contribution in [0.4, 0.5) is 0 Å². The van der Waals surface area contributed by atoms with E-state index in [1.54, 1.807) is 18.2 Å². The van der Waals surface area contributed by atoms with E-state index in [-0.39, 0.29) is 23.5 Å². The number of rotatable bonds is 11. The van der Waals surface area contributed by atoms with E-state index in [1.165, 1.54) is 43.2 Å². The molecule has 0 heterocycles. The molecular formula is C36H46O4. The van der Waals surface area contributed by atoms with Crippen molar-refractivity contribution in [2.45, 2.75) is 109 Å². The summed E-state index contributed by atoms with van der Waals surface area (Å²) < 4.78 is 11.8. The Bertz CT molecular complexity index is 1180. The second-order valence-electron chi connectivity index (χ2n) is 12.5. The predicted octanol–water partition coefficient (Wildman–Crippen LogP) is 8.98. The molecule has 4 nitrogen and oxygen atoms in total. The minimum Gasteiger partial charge on any atom is -0.459 e. The fourth-order valence-electron chi connectivity index (χ4n) is 7.91. The summed E-state index contributed by atoms with van der Waals surface area (Å²) in [4.78, 5) is 25.2. The van der Waals surface area contributed by atoms with E-state index in [2.05, 4.69) is 26.0 Å². The molecule has 0 aliphatic heterocycles. The Kier molecular flexibility index (Phi) is 9.44. The first kappa shape index (κ1) is 28.6. The van der Waals surface area contributed by atoms with Crippen LogP contribution >= 0.6 is 0 Å². The number of benzene rings is 2. The lowest BCUT2D eigenvalue weighted by molar-refractivity contribution is -0.151. The molecule has 0 N–H and O–H groups in total. The molecule has 5 rings (SSSR count). The van der Waals surface area contributed by atoms with Gasteiger partial charge in [-0.05, 0) is 105 Å². The zero-order valence-corrected chi connectivity index (χ0v) is 24.4. The Morgan fingerprint density at radius 2 is 1.75 bits per heavy atom. The summed E-state index contributed by atoms with van der Waals surface area (Å²) in [6.07, 6.45) is 18.7. The number of hydrogen-bond acceptors (Lipinski definition) is 4. The quantitative estimate of drug-likeness (QED) is 0.123. The first-order chi connectivity index (χ1) is 19.5. The Morgan fingerprint density at radius 3 is 2.58 bits per heavy atom. The van der Waals surface area contributed by atoms with Crippen molar-refractivity contribution < 1.29 is 19.1 Å². The molecule has 0 spiro atoms. The zero-order chi connectivity index (χ0) is 28.0. The van der Waals surface area contributed by atoms with Crippen LogP contribution in [0.3, 0.4) is 0 Å². The van der Waals surface area contributed by atoms with Crippen LogP contribution in [0.1, 0.15) is 118 Å². The van der Waals surface area contributed by atoms with Crippen molar-refractivity contribution in [2.24, 2.45) is 17.3 Å². The average molecular weight is 543 g/mol. The van der Waals surface area contributed by atoms with E-state index in [1.807, 2.05) is 30.3 Å². The molecule has 2 fully saturated rings. The lowest BCUT2D eigenvalue weighted by atomic mass is 9.55. The van der Waals surface area contributed by atoms with E-state index < -0.39 is 0 Å². The van der Waals surface area contributed by atoms with Gasteiger partial charge in [0, 0.05) is 11.5 Å². The van der Waals surface area contributed by atoms with Crippen molar-refractivity contribution in [1.29, 1.82) is 0 Å². The highest BCUT2D eigenvalue weighted by molar-refractivity contribution is 5.91. The summed E-state index contributed by atoms with van der Waals surface area (Å²) in [7, 11) is 0. The Labute approximate surface area is 240 Å². The zero-order valence-electron chi connectivity index (χ0n) is 24.4. The lowest BCUT2D eigenvalue weighted by Gasteiger charge is -2.50. The summed E-state index contributed by atoms with van der Waals surface area (Å²) in [6.45, 7) is 4.62. The molecule has 2 aromatic carbocycles. The van der Waals surface area contributed by atoms with Gasteiger partial charge in [-0.15, -0.1) is 0 Å². The number of unbranched alkanes of at least 4 members (excludes halogenated alkanes) is 6. The average Bonchev–Trinajstić information content (AvgIpc) is 3.30. The van der Waals surface area contributed by atoms with Crippen LogP contribution in [0.2, 0.25) is 0 Å². The normalized spacial score (nSPS) is 27.1. The molecule has 2 saturated carbocycles. The topological polar surface area (TPSA) is 52.6 Å². The minimum atomic E-state index is -0.313. The Hall–Kier alpha value is -2.88. The van der Waals surface area contributed by atoms with E-state index in [9.17, 15) is 9.59 Å². The van der Waals surface area contributed by atoms with E-state index in [4.69, 9.17) is 9.47 Å². The Morgan fingerprint density at radius 1 is 0.950 bits per heavy atom. The number of ether oxygens (including phenoxy) is 2. The highest BCUT2D eigenvalue weighted by atomic mass is 16.5. The molecule has 3 aliphatic carbocycles. The molecule has 3 aliphatic rings. The predicted molar refractivity (Wildman–Crippen MR) is 159 cm³/mol. The summed E-state index contributed by atoms with van der Waals surface area (Å²) in [5, 5.41) is 0. The number of carbonyl (C=O) groups excluding carboxylic acids is 2. The third-order valence-corrected chi connectivity index (χ3v) is 10.1. The summed E-state index contributed by atoms with van der Waals surface area (Å²) >= 11 is 0. The molecule has 5 atom stereocenters. The number of allylic oxidation sites excluding steroid dienone is 1. The van der Waals surface area contributed by atoms with E-state index in [0.717, 1.165) is 51.4 Å². The molecular weight excluding hydrogens is 496 g/mol. The highest BCUT2D eigenvalue weighted by Gasteiger charge is 2.56. The SMILES string of the molecule is CCCCCCCCC=CC(=O)O[C@H]1CC[C@H]2[C@@H]3CCc4cc(OC(=O)c5ccccc5)ccc4[C@H]3CC[C@]12C. The van der Waals surface area contributed by atoms with Crippen molar-refractivity contribution in [3.63, 3.8) is 0 Å². The van der Waals surface area contributed by atoms with Gasteiger partial charge in [0.15, 0.2) is 0 Å². The molecule has 2 aromatic rings. The number of esters is 2. The molecule has 214 valence electrons. The van der Waals surface area contributed by atoms with Crippen molar-refractivity contribution >= 4 is 11.9 Å². The van der Waals surface area contributed by atoms with Gasteiger partial charge < -0.3 is 9.47 Å². The second kappa shape index (κ2) is 13.2. The number of aryl methyl sites for hydroxylation is 1. The van der Waals surface area contributed by atoms with Crippen LogP contribution < -0.4 is 4.74 Å². The monoisotopic (exact) mass is 542 g/mol. The van der Waals surface area contributed by atoms with Gasteiger partial charge in [0.2, 0.25) is 0 Å². The minimum absolute atomic E-state index is 0.0193. The molecule has 0 bridgehead atoms. The standard InChI is InChI=1S/C36H46O4/c1-3-4-5-6-7-8-9-13-16-34(37)40-33-22-21-32-31-19-17-27-25-28(39-35(38)26-14-11-10-12-15-26)18-20-29(27)30(31)23-24-36(32,33)2/h10-16,18,20,25,30-33H,3-9,17,19,21-24H2,1-2H3/t30-,31-,32+,33+,36+/m1/s1. The molecule has 4 heteroatoms. The summed E-state index contributed by atoms with van der Waals surface area (Å²) in [5.74, 6) is 1.89. The van der Waals surface area contributed by atoms with Crippen LogP contribution in [0.5, 0.6) is 5.75 Å². The smallest absolute Gasteiger partial charge is 0.343 e. The number of hydrogen-bond donors (Lipinski definition) is 0. The third-order valence-electron chi connectivity index (χ3n) is 10.1. The molecule has 40 heavy (non-hydrogen) atoms. The molecule has 0 radical (unpaired) electrons. The first-order valence-electron chi connectivity index (χ1n) is 15.8. The van der Waals surface area contributed by atoms with Gasteiger partial charge in [0.05, 0.1) is 5.56 Å². The second-order valence-corrected chi connectivity index (χ2v) is 12.5. The van der Waals surface area contributed by atoms with Crippen LogP contribution in [-0.2, 0) is 16.0 Å². The van der Waals surface area contributed by atoms with E-state index >= 15 is 0 Å². The summed E-state index contributed by atoms with van der Waals surface area (Å²) in [5.41, 5.74) is 3.37. The van der Waals surface area contributed by atoms with Crippen LogP contribution in [-0.4, -0.2) is 18.0 Å². The van der Waals surface area contributed by atoms with Crippen LogP contribution in [0.15, 0.2) is 60.7 Å². The Balaban J connectivity index is 1.16. The van der Waals surface area contributed by atoms with Crippen molar-refractivity contribution in [1.82, 2.24) is 0 Å². The number of carbonyl (C=O) groups is 2. The van der Waals surface area contributed by atoms with Crippen molar-refractivity contribution in [2.75, 3.05) is 0 Å². The van der Waals surface area contributed by atoms with Gasteiger partial charge in [-0.2, -0.15) is 0 Å². The molecule has 0 saturated heterocycles. The maximum Gasteiger partial charge on any atom is 0.343 e. The fourth-order valence-corrected chi connectivity index (χ4v) is 7.91. The van der Waals surface area contributed by atoms with Gasteiger partial charge in [0.1, 0.15) is 11.9 Å². The number of fused-ring (bicyclic) bond motifs is 5. The van der Waals surface area contributed by atoms with Crippen molar-refractivity contribution in [3.8, 4) is 5.75 Å². The van der Waals surface area contributed by atoms with Gasteiger partial charge in [-0.3, -0.25) is 0 Å². The maximum absolute atomic E-state index is 12.7. The van der Waals surface area contributed by atoms with Crippen LogP contribution in [0, 0.1) is 17.3 Å². The van der Waals surface area contributed by atoms with E-state index in [0.29, 0.717) is 29.1 Å². The lowest BCUT2D eigenvalue weighted by Crippen LogP contribution is -2.45. The molecule has 0 amide bonds. The largest absolute Gasteiger partial charge is 0.459 e. The fraction of sp³-hybridized carbons (Fsp3) is 0.556. The molecule has 0 unspecified atom stereocenters. The molecule has 0 aromatic heterocycles. The van der Waals surface area contributed by atoms with Gasteiger partial charge >= 0.3 is 11.9 Å². The first-order valence-corrected chi connectivity index (χ1v) is 15.8. The third kappa shape index (κ3) is 6.37. The van der Waals surface area contributed by atoms with Gasteiger partial charge in [0.25, 0.3) is 0 Å². The highest BCUT2D eigenvalue weighted by Crippen LogP contribution is 2.61. The maximum atomic E-state index is 12.7. The van der Waals surface area contributed by atoms with Gasteiger partial charge in [-0.25, -0.2) is 9.59 Å². The summed E-state index contributed by atoms with van der Waals surface area (Å²) in [6, 6.07) is 15.4. The van der Waals surface area contributed by atoms with Crippen LogP contribution in [0.25, 0.3) is 0 Å².